The van der Waals surface area contributed by atoms with Crippen molar-refractivity contribution in [3.63, 3.8) is 0 Å². The highest BCUT2D eigenvalue weighted by atomic mass is 79.9. The molecule has 0 fully saturated rings. The quantitative estimate of drug-likeness (QED) is 0.771. The molecule has 2 rings (SSSR count). The van der Waals surface area contributed by atoms with Gasteiger partial charge in [0.1, 0.15) is 24.7 Å². The van der Waals surface area contributed by atoms with Gasteiger partial charge in [-0.2, -0.15) is 0 Å². The number of carbonyl (C=O) groups is 1. The average molecular weight is 372 g/mol. The Labute approximate surface area is 135 Å². The summed E-state index contributed by atoms with van der Waals surface area (Å²) in [7, 11) is 0. The number of carboxylic acids is 1. The molecule has 2 aromatic rings. The van der Waals surface area contributed by atoms with Gasteiger partial charge in [-0.25, -0.2) is 4.79 Å². The van der Waals surface area contributed by atoms with Gasteiger partial charge in [-0.3, -0.25) is 0 Å². The Kier molecular flexibility index (Phi) is 5.47. The van der Waals surface area contributed by atoms with Crippen molar-refractivity contribution >= 4 is 33.5 Å². The lowest BCUT2D eigenvalue weighted by Gasteiger charge is -2.10. The highest BCUT2D eigenvalue weighted by Crippen LogP contribution is 2.27. The largest absolute Gasteiger partial charge is 0.490 e. The highest BCUT2D eigenvalue weighted by Gasteiger charge is 2.04. The molecule has 2 aromatic carbocycles. The second-order valence-electron chi connectivity index (χ2n) is 4.10. The molecule has 6 heteroatoms. The first-order valence-electron chi connectivity index (χ1n) is 6.10. The van der Waals surface area contributed by atoms with Crippen molar-refractivity contribution in [2.75, 3.05) is 13.2 Å². The minimum Gasteiger partial charge on any atom is -0.490 e. The molecule has 110 valence electrons. The number of hydrogen-bond acceptors (Lipinski definition) is 3. The van der Waals surface area contributed by atoms with E-state index in [-0.39, 0.29) is 5.56 Å². The highest BCUT2D eigenvalue weighted by molar-refractivity contribution is 9.10. The maximum atomic E-state index is 10.7. The normalized spacial score (nSPS) is 10.2. The molecular formula is C15H12BrClO4. The number of carboxylic acid groups (broad SMARTS) is 1. The third-order valence-corrected chi connectivity index (χ3v) is 3.39. The molecule has 0 atom stereocenters. The van der Waals surface area contributed by atoms with E-state index < -0.39 is 5.97 Å². The van der Waals surface area contributed by atoms with Crippen LogP contribution in [0.2, 0.25) is 5.02 Å². The van der Waals surface area contributed by atoms with Crippen LogP contribution in [0.1, 0.15) is 10.4 Å². The van der Waals surface area contributed by atoms with E-state index in [4.69, 9.17) is 26.2 Å². The summed E-state index contributed by atoms with van der Waals surface area (Å²) >= 11 is 9.34. The Morgan fingerprint density at radius 3 is 2.38 bits per heavy atom. The fourth-order valence-corrected chi connectivity index (χ4v) is 2.33. The van der Waals surface area contributed by atoms with Crippen LogP contribution in [0, 0.1) is 0 Å². The molecule has 0 aliphatic carbocycles. The monoisotopic (exact) mass is 370 g/mol. The lowest BCUT2D eigenvalue weighted by Crippen LogP contribution is -2.09. The van der Waals surface area contributed by atoms with Crippen LogP contribution in [-0.4, -0.2) is 24.3 Å². The predicted octanol–water partition coefficient (Wildman–Crippen LogP) is 4.26. The lowest BCUT2D eigenvalue weighted by molar-refractivity contribution is 0.0697. The minimum atomic E-state index is -0.963. The lowest BCUT2D eigenvalue weighted by atomic mass is 10.2. The van der Waals surface area contributed by atoms with E-state index in [0.717, 1.165) is 4.47 Å². The first kappa shape index (κ1) is 15.7. The molecule has 0 saturated carbocycles. The molecule has 4 nitrogen and oxygen atoms in total. The Morgan fingerprint density at radius 2 is 1.76 bits per heavy atom. The number of hydrogen-bond donors (Lipinski definition) is 1. The van der Waals surface area contributed by atoms with Gasteiger partial charge in [0.05, 0.1) is 10.6 Å². The fourth-order valence-electron chi connectivity index (χ4n) is 1.60. The van der Waals surface area contributed by atoms with Crippen LogP contribution >= 0.6 is 27.5 Å². The van der Waals surface area contributed by atoms with Crippen molar-refractivity contribution in [3.05, 3.63) is 57.5 Å². The summed E-state index contributed by atoms with van der Waals surface area (Å²) in [6, 6.07) is 11.6. The average Bonchev–Trinajstić information content (AvgIpc) is 2.46. The third-order valence-electron chi connectivity index (χ3n) is 2.60. The molecule has 0 amide bonds. The van der Waals surface area contributed by atoms with Gasteiger partial charge in [0.25, 0.3) is 0 Å². The van der Waals surface area contributed by atoms with Crippen molar-refractivity contribution < 1.29 is 19.4 Å². The fraction of sp³-hybridized carbons (Fsp3) is 0.133. The first-order valence-corrected chi connectivity index (χ1v) is 7.27. The summed E-state index contributed by atoms with van der Waals surface area (Å²) < 4.78 is 11.8. The third kappa shape index (κ3) is 4.65. The molecule has 0 heterocycles. The van der Waals surface area contributed by atoms with E-state index in [1.165, 1.54) is 12.1 Å². The molecule has 0 aromatic heterocycles. The van der Waals surface area contributed by atoms with Crippen molar-refractivity contribution in [1.82, 2.24) is 0 Å². The number of ether oxygens (including phenoxy) is 2. The summed E-state index contributed by atoms with van der Waals surface area (Å²) in [5.41, 5.74) is 0.222. The van der Waals surface area contributed by atoms with Gasteiger partial charge in [0.15, 0.2) is 0 Å². The summed E-state index contributed by atoms with van der Waals surface area (Å²) in [6.07, 6.45) is 0. The van der Waals surface area contributed by atoms with Crippen LogP contribution in [0.15, 0.2) is 46.9 Å². The maximum absolute atomic E-state index is 10.7. The molecule has 1 N–H and O–H groups in total. The summed E-state index contributed by atoms with van der Waals surface area (Å²) in [6.45, 7) is 0.668. The first-order chi connectivity index (χ1) is 10.1. The number of aromatic carboxylic acids is 1. The van der Waals surface area contributed by atoms with Crippen molar-refractivity contribution in [2.24, 2.45) is 0 Å². The number of benzene rings is 2. The van der Waals surface area contributed by atoms with E-state index in [1.54, 1.807) is 24.3 Å². The summed E-state index contributed by atoms with van der Waals surface area (Å²) in [4.78, 5) is 10.7. The molecule has 0 saturated heterocycles. The van der Waals surface area contributed by atoms with Gasteiger partial charge >= 0.3 is 5.97 Å². The molecule has 0 aliphatic rings. The molecule has 0 radical (unpaired) electrons. The summed E-state index contributed by atoms with van der Waals surface area (Å²) in [5, 5.41) is 9.31. The van der Waals surface area contributed by atoms with Crippen LogP contribution in [0.3, 0.4) is 0 Å². The van der Waals surface area contributed by atoms with E-state index in [9.17, 15) is 4.79 Å². The Morgan fingerprint density at radius 1 is 1.10 bits per heavy atom. The Balaban J connectivity index is 1.80. The molecule has 0 spiro atoms. The van der Waals surface area contributed by atoms with E-state index in [1.807, 2.05) is 6.07 Å². The second-order valence-corrected chi connectivity index (χ2v) is 5.42. The SMILES string of the molecule is O=C(O)c1ccc(OCCOc2ccc(Br)cc2Cl)cc1. The molecular weight excluding hydrogens is 360 g/mol. The smallest absolute Gasteiger partial charge is 0.335 e. The van der Waals surface area contributed by atoms with Gasteiger partial charge in [0.2, 0.25) is 0 Å². The van der Waals surface area contributed by atoms with Gasteiger partial charge in [-0.1, -0.05) is 27.5 Å². The van der Waals surface area contributed by atoms with Gasteiger partial charge in [-0.15, -0.1) is 0 Å². The van der Waals surface area contributed by atoms with Crippen molar-refractivity contribution in [1.29, 1.82) is 0 Å². The van der Waals surface area contributed by atoms with Crippen LogP contribution in [-0.2, 0) is 0 Å². The van der Waals surface area contributed by atoms with Crippen LogP contribution < -0.4 is 9.47 Å². The maximum Gasteiger partial charge on any atom is 0.335 e. The molecule has 0 bridgehead atoms. The molecule has 21 heavy (non-hydrogen) atoms. The molecule has 0 aliphatic heterocycles. The van der Waals surface area contributed by atoms with Gasteiger partial charge in [-0.05, 0) is 42.5 Å². The van der Waals surface area contributed by atoms with Gasteiger partial charge in [0, 0.05) is 4.47 Å². The van der Waals surface area contributed by atoms with Crippen LogP contribution in [0.25, 0.3) is 0 Å². The van der Waals surface area contributed by atoms with Gasteiger partial charge < -0.3 is 14.6 Å². The minimum absolute atomic E-state index is 0.222. The topological polar surface area (TPSA) is 55.8 Å². The van der Waals surface area contributed by atoms with Crippen LogP contribution in [0.5, 0.6) is 11.5 Å². The van der Waals surface area contributed by atoms with Crippen molar-refractivity contribution in [3.8, 4) is 11.5 Å². The van der Waals surface area contributed by atoms with E-state index >= 15 is 0 Å². The van der Waals surface area contributed by atoms with Crippen LogP contribution in [0.4, 0.5) is 0 Å². The number of halogens is 2. The predicted molar refractivity (Wildman–Crippen MR) is 83.5 cm³/mol. The zero-order chi connectivity index (χ0) is 15.2. The zero-order valence-corrected chi connectivity index (χ0v) is 13.2. The van der Waals surface area contributed by atoms with Crippen molar-refractivity contribution in [2.45, 2.75) is 0 Å². The second kappa shape index (κ2) is 7.33. The molecule has 0 unspecified atom stereocenters. The Hall–Kier alpha value is -1.72. The van der Waals surface area contributed by atoms with E-state index in [0.29, 0.717) is 29.7 Å². The van der Waals surface area contributed by atoms with E-state index in [2.05, 4.69) is 15.9 Å². The Bertz CT molecular complexity index is 628. The number of rotatable bonds is 6. The standard InChI is InChI=1S/C15H12BrClO4/c16-11-3-6-14(13(17)9-11)21-8-7-20-12-4-1-10(2-5-12)15(18)19/h1-6,9H,7-8H2,(H,18,19). The zero-order valence-electron chi connectivity index (χ0n) is 10.9. The summed E-state index contributed by atoms with van der Waals surface area (Å²) in [5.74, 6) is 0.213.